The Morgan fingerprint density at radius 2 is 1.75 bits per heavy atom. The summed E-state index contributed by atoms with van der Waals surface area (Å²) in [5.74, 6) is 1.14. The molecule has 1 amide bonds. The average molecular weight is 276 g/mol. The zero-order chi connectivity index (χ0) is 14.0. The predicted molar refractivity (Wildman–Crippen MR) is 79.1 cm³/mol. The third-order valence-corrected chi connectivity index (χ3v) is 6.50. The lowest BCUT2D eigenvalue weighted by Crippen LogP contribution is -2.51. The van der Waals surface area contributed by atoms with Crippen LogP contribution >= 0.6 is 0 Å². The Morgan fingerprint density at radius 1 is 1.05 bits per heavy atom. The molecule has 1 spiro atoms. The highest BCUT2D eigenvalue weighted by atomic mass is 16.2. The normalized spacial score (nSPS) is 39.1. The monoisotopic (exact) mass is 276 g/mol. The highest BCUT2D eigenvalue weighted by molar-refractivity contribution is 5.92. The van der Waals surface area contributed by atoms with Gasteiger partial charge in [-0.05, 0) is 49.9 Å². The molecule has 4 aliphatic rings. The van der Waals surface area contributed by atoms with Crippen LogP contribution in [-0.4, -0.2) is 28.6 Å². The molecule has 3 heteroatoms. The Kier molecular flexibility index (Phi) is 2.77. The topological polar surface area (TPSA) is 32.3 Å². The van der Waals surface area contributed by atoms with Crippen LogP contribution in [0, 0.1) is 11.3 Å². The number of rotatable bonds is 2. The van der Waals surface area contributed by atoms with Crippen LogP contribution in [0.3, 0.4) is 0 Å². The van der Waals surface area contributed by atoms with Gasteiger partial charge in [-0.1, -0.05) is 33.1 Å². The van der Waals surface area contributed by atoms with Crippen LogP contribution in [0.25, 0.3) is 0 Å². The maximum Gasteiger partial charge on any atom is 0.244 e. The van der Waals surface area contributed by atoms with Gasteiger partial charge in [0, 0.05) is 6.04 Å². The van der Waals surface area contributed by atoms with Gasteiger partial charge in [0.1, 0.15) is 0 Å². The number of nitrogens with one attached hydrogen (secondary N) is 1. The van der Waals surface area contributed by atoms with E-state index in [4.69, 9.17) is 0 Å². The van der Waals surface area contributed by atoms with Gasteiger partial charge in [0.15, 0.2) is 0 Å². The van der Waals surface area contributed by atoms with Crippen molar-refractivity contribution in [3.63, 3.8) is 0 Å². The molecule has 1 N–H and O–H groups in total. The van der Waals surface area contributed by atoms with E-state index in [1.54, 1.807) is 0 Å². The molecule has 3 nitrogen and oxygen atoms in total. The fourth-order valence-corrected chi connectivity index (χ4v) is 5.05. The van der Waals surface area contributed by atoms with Crippen LogP contribution in [0.5, 0.6) is 0 Å². The highest BCUT2D eigenvalue weighted by Gasteiger charge is 2.62. The van der Waals surface area contributed by atoms with Gasteiger partial charge in [-0.15, -0.1) is 0 Å². The molecule has 4 fully saturated rings. The van der Waals surface area contributed by atoms with E-state index in [0.717, 1.165) is 12.8 Å². The first-order chi connectivity index (χ1) is 9.54. The van der Waals surface area contributed by atoms with E-state index >= 15 is 0 Å². The summed E-state index contributed by atoms with van der Waals surface area (Å²) >= 11 is 0. The zero-order valence-corrected chi connectivity index (χ0v) is 13.0. The third-order valence-electron chi connectivity index (χ3n) is 6.50. The summed E-state index contributed by atoms with van der Waals surface area (Å²) in [6.07, 6.45) is 11.6. The summed E-state index contributed by atoms with van der Waals surface area (Å²) in [6, 6.07) is 0.466. The van der Waals surface area contributed by atoms with E-state index in [2.05, 4.69) is 24.1 Å². The molecule has 3 saturated carbocycles. The molecule has 0 aromatic heterocycles. The van der Waals surface area contributed by atoms with Gasteiger partial charge in [0.25, 0.3) is 0 Å². The molecule has 0 aromatic carbocycles. The smallest absolute Gasteiger partial charge is 0.244 e. The molecule has 1 aliphatic heterocycles. The lowest BCUT2D eigenvalue weighted by atomic mass is 9.85. The molecule has 2 unspecified atom stereocenters. The van der Waals surface area contributed by atoms with E-state index in [0.29, 0.717) is 29.4 Å². The molecule has 1 saturated heterocycles. The van der Waals surface area contributed by atoms with Gasteiger partial charge in [0.05, 0.1) is 11.7 Å². The number of amides is 1. The van der Waals surface area contributed by atoms with Crippen molar-refractivity contribution < 1.29 is 4.79 Å². The zero-order valence-electron chi connectivity index (χ0n) is 13.0. The van der Waals surface area contributed by atoms with Gasteiger partial charge >= 0.3 is 0 Å². The van der Waals surface area contributed by atoms with E-state index < -0.39 is 0 Å². The average Bonchev–Trinajstić information content (AvgIpc) is 2.73. The van der Waals surface area contributed by atoms with Crippen molar-refractivity contribution in [2.24, 2.45) is 11.3 Å². The van der Waals surface area contributed by atoms with Crippen molar-refractivity contribution >= 4 is 5.91 Å². The second-order valence-electron chi connectivity index (χ2n) is 8.32. The molecule has 0 aromatic rings. The summed E-state index contributed by atoms with van der Waals surface area (Å²) in [5.41, 5.74) is 0.167. The van der Waals surface area contributed by atoms with E-state index in [-0.39, 0.29) is 5.54 Å². The summed E-state index contributed by atoms with van der Waals surface area (Å²) < 4.78 is 0. The van der Waals surface area contributed by atoms with Crippen molar-refractivity contribution in [3.8, 4) is 0 Å². The minimum atomic E-state index is -0.133. The van der Waals surface area contributed by atoms with Gasteiger partial charge < -0.3 is 4.90 Å². The van der Waals surface area contributed by atoms with Gasteiger partial charge in [-0.25, -0.2) is 0 Å². The second-order valence-corrected chi connectivity index (χ2v) is 8.32. The Morgan fingerprint density at radius 3 is 2.30 bits per heavy atom. The number of hydrogen-bond acceptors (Lipinski definition) is 2. The van der Waals surface area contributed by atoms with Gasteiger partial charge in [0.2, 0.25) is 5.91 Å². The van der Waals surface area contributed by atoms with Crippen LogP contribution in [0.2, 0.25) is 0 Å². The lowest BCUT2D eigenvalue weighted by molar-refractivity contribution is -0.135. The Bertz CT molecular complexity index is 421. The van der Waals surface area contributed by atoms with Crippen molar-refractivity contribution in [2.75, 3.05) is 0 Å². The molecule has 0 bridgehead atoms. The Labute approximate surface area is 122 Å². The summed E-state index contributed by atoms with van der Waals surface area (Å²) in [5, 5.41) is 3.77. The Balaban J connectivity index is 1.64. The van der Waals surface area contributed by atoms with E-state index in [9.17, 15) is 4.79 Å². The van der Waals surface area contributed by atoms with Crippen LogP contribution < -0.4 is 5.32 Å². The molecule has 1 heterocycles. The van der Waals surface area contributed by atoms with Crippen LogP contribution in [0.4, 0.5) is 0 Å². The number of carbonyl (C=O) groups is 1. The minimum absolute atomic E-state index is 0.133. The number of hydrogen-bond donors (Lipinski definition) is 1. The van der Waals surface area contributed by atoms with E-state index in [1.807, 2.05) is 0 Å². The molecular weight excluding hydrogens is 248 g/mol. The SMILES string of the molecule is CC1(C)CCCC1N1C(=O)C2(CC2)NC1C1CCCC1. The molecule has 112 valence electrons. The molecule has 20 heavy (non-hydrogen) atoms. The van der Waals surface area contributed by atoms with Gasteiger partial charge in [-0.2, -0.15) is 0 Å². The fraction of sp³-hybridized carbons (Fsp3) is 0.941. The van der Waals surface area contributed by atoms with Gasteiger partial charge in [-0.3, -0.25) is 10.1 Å². The largest absolute Gasteiger partial charge is 0.322 e. The predicted octanol–water partition coefficient (Wildman–Crippen LogP) is 3.05. The standard InChI is InChI=1S/C17H28N2O/c1-16(2)9-5-8-13(16)19-14(12-6-3-4-7-12)18-17(10-11-17)15(19)20/h12-14,18H,3-11H2,1-2H3. The van der Waals surface area contributed by atoms with Crippen LogP contribution in [0.15, 0.2) is 0 Å². The minimum Gasteiger partial charge on any atom is -0.322 e. The molecule has 4 rings (SSSR count). The van der Waals surface area contributed by atoms with Crippen LogP contribution in [0.1, 0.15) is 71.6 Å². The third kappa shape index (κ3) is 1.78. The lowest BCUT2D eigenvalue weighted by Gasteiger charge is -2.40. The van der Waals surface area contributed by atoms with Crippen molar-refractivity contribution in [1.29, 1.82) is 0 Å². The first-order valence-electron chi connectivity index (χ1n) is 8.64. The molecule has 3 aliphatic carbocycles. The molecule has 2 atom stereocenters. The second kappa shape index (κ2) is 4.22. The Hall–Kier alpha value is -0.570. The maximum atomic E-state index is 13.0. The first-order valence-corrected chi connectivity index (χ1v) is 8.64. The maximum absolute atomic E-state index is 13.0. The molecule has 0 radical (unpaired) electrons. The summed E-state index contributed by atoms with van der Waals surface area (Å²) in [7, 11) is 0. The van der Waals surface area contributed by atoms with Crippen molar-refractivity contribution in [2.45, 2.75) is 89.4 Å². The number of nitrogens with zero attached hydrogens (tertiary/aromatic N) is 1. The fourth-order valence-electron chi connectivity index (χ4n) is 5.05. The summed E-state index contributed by atoms with van der Waals surface area (Å²) in [6.45, 7) is 4.73. The van der Waals surface area contributed by atoms with E-state index in [1.165, 1.54) is 44.9 Å². The van der Waals surface area contributed by atoms with Crippen molar-refractivity contribution in [1.82, 2.24) is 10.2 Å². The summed E-state index contributed by atoms with van der Waals surface area (Å²) in [4.78, 5) is 15.3. The highest BCUT2D eigenvalue weighted by Crippen LogP contribution is 2.50. The number of carbonyl (C=O) groups excluding carboxylic acids is 1. The van der Waals surface area contributed by atoms with Crippen LogP contribution in [-0.2, 0) is 4.79 Å². The van der Waals surface area contributed by atoms with Crippen molar-refractivity contribution in [3.05, 3.63) is 0 Å². The molecular formula is C17H28N2O. The quantitative estimate of drug-likeness (QED) is 0.841. The first kappa shape index (κ1) is 13.1.